The van der Waals surface area contributed by atoms with E-state index in [1.165, 1.54) is 22.3 Å². The fourth-order valence-corrected chi connectivity index (χ4v) is 2.45. The van der Waals surface area contributed by atoms with E-state index in [-0.39, 0.29) is 12.0 Å². The molecule has 0 aromatic heterocycles. The highest BCUT2D eigenvalue weighted by Crippen LogP contribution is 2.24. The van der Waals surface area contributed by atoms with Crippen molar-refractivity contribution in [2.45, 2.75) is 54.0 Å². The molecule has 0 aliphatic carbocycles. The van der Waals surface area contributed by atoms with Crippen molar-refractivity contribution in [2.75, 3.05) is 13.2 Å². The van der Waals surface area contributed by atoms with Crippen LogP contribution in [0.5, 0.6) is 0 Å². The Morgan fingerprint density at radius 3 is 2.11 bits per heavy atom. The second kappa shape index (κ2) is 7.06. The number of aryl methyl sites for hydroxylation is 3. The summed E-state index contributed by atoms with van der Waals surface area (Å²) in [6, 6.07) is 4.53. The molecule has 2 N–H and O–H groups in total. The standard InChI is InChI=1S/C17H29NO/c1-6-17(7-2,12-19)11-18-10-16-9-14(4)13(3)8-15(16)5/h8-9,18-19H,6-7,10-12H2,1-5H3. The van der Waals surface area contributed by atoms with Crippen molar-refractivity contribution in [2.24, 2.45) is 5.41 Å². The van der Waals surface area contributed by atoms with Crippen LogP contribution in [0.2, 0.25) is 0 Å². The molecule has 0 saturated heterocycles. The second-order valence-corrected chi connectivity index (χ2v) is 5.83. The van der Waals surface area contributed by atoms with Crippen LogP contribution in [-0.2, 0) is 6.54 Å². The fourth-order valence-electron chi connectivity index (χ4n) is 2.45. The molecule has 0 atom stereocenters. The molecule has 0 spiro atoms. The van der Waals surface area contributed by atoms with Crippen LogP contribution >= 0.6 is 0 Å². The van der Waals surface area contributed by atoms with Crippen molar-refractivity contribution in [3.05, 3.63) is 34.4 Å². The molecule has 0 heterocycles. The van der Waals surface area contributed by atoms with E-state index >= 15 is 0 Å². The summed E-state index contributed by atoms with van der Waals surface area (Å²) >= 11 is 0. The normalized spacial score (nSPS) is 11.9. The highest BCUT2D eigenvalue weighted by atomic mass is 16.3. The van der Waals surface area contributed by atoms with Crippen LogP contribution in [0.1, 0.15) is 48.9 Å². The van der Waals surface area contributed by atoms with E-state index in [4.69, 9.17) is 0 Å². The molecule has 19 heavy (non-hydrogen) atoms. The monoisotopic (exact) mass is 263 g/mol. The van der Waals surface area contributed by atoms with Crippen LogP contribution < -0.4 is 5.32 Å². The number of benzene rings is 1. The first-order chi connectivity index (χ1) is 8.98. The summed E-state index contributed by atoms with van der Waals surface area (Å²) in [6.07, 6.45) is 2.03. The third-order valence-electron chi connectivity index (χ3n) is 4.60. The van der Waals surface area contributed by atoms with Gasteiger partial charge in [0.15, 0.2) is 0 Å². The van der Waals surface area contributed by atoms with Gasteiger partial charge in [0.1, 0.15) is 0 Å². The zero-order chi connectivity index (χ0) is 14.5. The number of nitrogens with one attached hydrogen (secondary N) is 1. The Labute approximate surface area is 118 Å². The van der Waals surface area contributed by atoms with Crippen LogP contribution in [0.25, 0.3) is 0 Å². The molecule has 0 amide bonds. The van der Waals surface area contributed by atoms with Gasteiger partial charge in [-0.2, -0.15) is 0 Å². The first-order valence-electron chi connectivity index (χ1n) is 7.36. The molecule has 0 bridgehead atoms. The van der Waals surface area contributed by atoms with Gasteiger partial charge in [0.2, 0.25) is 0 Å². The summed E-state index contributed by atoms with van der Waals surface area (Å²) in [4.78, 5) is 0. The summed E-state index contributed by atoms with van der Waals surface area (Å²) in [5, 5.41) is 13.1. The minimum Gasteiger partial charge on any atom is -0.396 e. The predicted octanol–water partition coefficient (Wildman–Crippen LogP) is 3.50. The molecule has 1 aromatic carbocycles. The molecule has 0 fully saturated rings. The maximum Gasteiger partial charge on any atom is 0.0499 e. The Hall–Kier alpha value is -0.860. The lowest BCUT2D eigenvalue weighted by Gasteiger charge is -2.29. The Morgan fingerprint density at radius 2 is 1.58 bits per heavy atom. The lowest BCUT2D eigenvalue weighted by Crippen LogP contribution is -2.36. The van der Waals surface area contributed by atoms with Gasteiger partial charge in [-0.25, -0.2) is 0 Å². The van der Waals surface area contributed by atoms with Crippen molar-refractivity contribution in [3.63, 3.8) is 0 Å². The van der Waals surface area contributed by atoms with Gasteiger partial charge in [-0.3, -0.25) is 0 Å². The first kappa shape index (κ1) is 16.2. The summed E-state index contributed by atoms with van der Waals surface area (Å²) in [7, 11) is 0. The SMILES string of the molecule is CCC(CC)(CO)CNCc1cc(C)c(C)cc1C. The van der Waals surface area contributed by atoms with Crippen LogP contribution in [0, 0.1) is 26.2 Å². The van der Waals surface area contributed by atoms with Crippen molar-refractivity contribution >= 4 is 0 Å². The van der Waals surface area contributed by atoms with Gasteiger partial charge in [-0.05, 0) is 55.9 Å². The molecule has 2 heteroatoms. The number of rotatable bonds is 7. The van der Waals surface area contributed by atoms with E-state index < -0.39 is 0 Å². The molecule has 1 rings (SSSR count). The fraction of sp³-hybridized carbons (Fsp3) is 0.647. The van der Waals surface area contributed by atoms with Crippen LogP contribution in [0.4, 0.5) is 0 Å². The lowest BCUT2D eigenvalue weighted by atomic mass is 9.83. The molecule has 0 unspecified atom stereocenters. The van der Waals surface area contributed by atoms with Gasteiger partial charge < -0.3 is 10.4 Å². The Morgan fingerprint density at radius 1 is 1.00 bits per heavy atom. The zero-order valence-corrected chi connectivity index (χ0v) is 13.1. The van der Waals surface area contributed by atoms with Crippen molar-refractivity contribution in [1.82, 2.24) is 5.32 Å². The quantitative estimate of drug-likeness (QED) is 0.789. The average molecular weight is 263 g/mol. The van der Waals surface area contributed by atoms with Gasteiger partial charge in [-0.1, -0.05) is 26.0 Å². The molecular formula is C17H29NO. The minimum absolute atomic E-state index is 0.0354. The molecule has 108 valence electrons. The van der Waals surface area contributed by atoms with E-state index in [9.17, 15) is 5.11 Å². The molecule has 0 radical (unpaired) electrons. The summed E-state index contributed by atoms with van der Waals surface area (Å²) in [6.45, 7) is 12.8. The topological polar surface area (TPSA) is 32.3 Å². The van der Waals surface area contributed by atoms with E-state index in [0.717, 1.165) is 25.9 Å². The molecule has 2 nitrogen and oxygen atoms in total. The largest absolute Gasteiger partial charge is 0.396 e. The van der Waals surface area contributed by atoms with Crippen molar-refractivity contribution in [3.8, 4) is 0 Å². The van der Waals surface area contributed by atoms with Gasteiger partial charge >= 0.3 is 0 Å². The van der Waals surface area contributed by atoms with E-state index in [2.05, 4.69) is 52.1 Å². The maximum atomic E-state index is 9.57. The molecule has 0 aliphatic heterocycles. The zero-order valence-electron chi connectivity index (χ0n) is 13.1. The third-order valence-corrected chi connectivity index (χ3v) is 4.60. The van der Waals surface area contributed by atoms with E-state index in [0.29, 0.717) is 0 Å². The van der Waals surface area contributed by atoms with Crippen LogP contribution in [0.15, 0.2) is 12.1 Å². The number of hydrogen-bond acceptors (Lipinski definition) is 2. The van der Waals surface area contributed by atoms with E-state index in [1.54, 1.807) is 0 Å². The third kappa shape index (κ3) is 4.05. The summed E-state index contributed by atoms with van der Waals surface area (Å²) in [5.74, 6) is 0. The van der Waals surface area contributed by atoms with E-state index in [1.807, 2.05) is 0 Å². The molecule has 1 aromatic rings. The van der Waals surface area contributed by atoms with Gasteiger partial charge in [0.25, 0.3) is 0 Å². The van der Waals surface area contributed by atoms with Gasteiger partial charge in [-0.15, -0.1) is 0 Å². The van der Waals surface area contributed by atoms with Crippen LogP contribution in [-0.4, -0.2) is 18.3 Å². The Kier molecular flexibility index (Phi) is 6.02. The smallest absolute Gasteiger partial charge is 0.0499 e. The van der Waals surface area contributed by atoms with Gasteiger partial charge in [0.05, 0.1) is 0 Å². The highest BCUT2D eigenvalue weighted by molar-refractivity contribution is 5.36. The maximum absolute atomic E-state index is 9.57. The first-order valence-corrected chi connectivity index (χ1v) is 7.36. The molecular weight excluding hydrogens is 234 g/mol. The summed E-state index contributed by atoms with van der Waals surface area (Å²) < 4.78 is 0. The Balaban J connectivity index is 2.65. The number of aliphatic hydroxyl groups excluding tert-OH is 1. The van der Waals surface area contributed by atoms with Gasteiger partial charge in [0, 0.05) is 25.1 Å². The number of hydrogen-bond donors (Lipinski definition) is 2. The average Bonchev–Trinajstić information content (AvgIpc) is 2.41. The predicted molar refractivity (Wildman–Crippen MR) is 82.5 cm³/mol. The lowest BCUT2D eigenvalue weighted by molar-refractivity contribution is 0.113. The molecule has 0 saturated carbocycles. The highest BCUT2D eigenvalue weighted by Gasteiger charge is 2.24. The minimum atomic E-state index is 0.0354. The Bertz CT molecular complexity index is 400. The summed E-state index contributed by atoms with van der Waals surface area (Å²) in [5.41, 5.74) is 5.45. The van der Waals surface area contributed by atoms with Crippen LogP contribution in [0.3, 0.4) is 0 Å². The van der Waals surface area contributed by atoms with Crippen molar-refractivity contribution in [1.29, 1.82) is 0 Å². The molecule has 0 aliphatic rings. The van der Waals surface area contributed by atoms with Crippen molar-refractivity contribution < 1.29 is 5.11 Å². The second-order valence-electron chi connectivity index (χ2n) is 5.83. The number of aliphatic hydroxyl groups is 1.